The number of likely N-dealkylation sites (tertiary alicyclic amines) is 1. The lowest BCUT2D eigenvalue weighted by atomic mass is 10.1. The Hall–Kier alpha value is -1.00. The van der Waals surface area contributed by atoms with Crippen molar-refractivity contribution in [1.82, 2.24) is 4.90 Å². The smallest absolute Gasteiger partial charge is 0.235 e. The predicted octanol–water partition coefficient (Wildman–Crippen LogP) is 2.84. The summed E-state index contributed by atoms with van der Waals surface area (Å²) in [5.41, 5.74) is 6.74. The van der Waals surface area contributed by atoms with Crippen LogP contribution >= 0.6 is 11.8 Å². The molecule has 1 amide bonds. The molecule has 4 heteroatoms. The third-order valence-electron chi connectivity index (χ3n) is 3.25. The van der Waals surface area contributed by atoms with Crippen LogP contribution in [0.15, 0.2) is 29.2 Å². The van der Waals surface area contributed by atoms with Crippen LogP contribution in [0, 0.1) is 6.42 Å². The zero-order valence-electron chi connectivity index (χ0n) is 12.4. The molecule has 1 heterocycles. The van der Waals surface area contributed by atoms with Crippen molar-refractivity contribution in [3.63, 3.8) is 0 Å². The van der Waals surface area contributed by atoms with E-state index in [0.29, 0.717) is 0 Å². The number of benzene rings is 1. The van der Waals surface area contributed by atoms with Crippen molar-refractivity contribution in [1.29, 1.82) is 0 Å². The fourth-order valence-corrected chi connectivity index (χ4v) is 3.51. The monoisotopic (exact) mass is 291 g/mol. The Bertz CT molecular complexity index is 482. The fourth-order valence-electron chi connectivity index (χ4n) is 2.44. The molecule has 1 unspecified atom stereocenters. The number of thioether (sulfide) groups is 1. The zero-order chi connectivity index (χ0) is 14.8. The van der Waals surface area contributed by atoms with E-state index in [0.717, 1.165) is 19.5 Å². The van der Waals surface area contributed by atoms with Crippen LogP contribution in [-0.4, -0.2) is 28.1 Å². The van der Waals surface area contributed by atoms with Gasteiger partial charge in [-0.05, 0) is 31.0 Å². The lowest BCUT2D eigenvalue weighted by Crippen LogP contribution is -2.40. The molecule has 2 N–H and O–H groups in total. The van der Waals surface area contributed by atoms with Gasteiger partial charge in [-0.2, -0.15) is 0 Å². The second kappa shape index (κ2) is 6.19. The molecular formula is C16H23N2OS. The summed E-state index contributed by atoms with van der Waals surface area (Å²) in [4.78, 5) is 14.9. The molecular weight excluding hydrogens is 268 g/mol. The molecule has 1 saturated heterocycles. The van der Waals surface area contributed by atoms with Crippen molar-refractivity contribution < 1.29 is 4.79 Å². The van der Waals surface area contributed by atoms with Crippen molar-refractivity contribution in [2.45, 2.75) is 49.4 Å². The van der Waals surface area contributed by atoms with Crippen LogP contribution in [-0.2, 0) is 11.3 Å². The number of primary amides is 1. The third-order valence-corrected chi connectivity index (χ3v) is 4.48. The van der Waals surface area contributed by atoms with E-state index >= 15 is 0 Å². The van der Waals surface area contributed by atoms with Crippen LogP contribution in [0.1, 0.15) is 32.8 Å². The predicted molar refractivity (Wildman–Crippen MR) is 84.4 cm³/mol. The molecule has 109 valence electrons. The Labute approximate surface area is 125 Å². The van der Waals surface area contributed by atoms with Gasteiger partial charge >= 0.3 is 0 Å². The SMILES string of the molecule is CC(C)(C)Sc1ccccc1CN1CC[CH]C1C(N)=O. The van der Waals surface area contributed by atoms with E-state index < -0.39 is 0 Å². The highest BCUT2D eigenvalue weighted by Crippen LogP contribution is 2.35. The minimum absolute atomic E-state index is 0.177. The van der Waals surface area contributed by atoms with Gasteiger partial charge in [-0.3, -0.25) is 9.69 Å². The molecule has 20 heavy (non-hydrogen) atoms. The van der Waals surface area contributed by atoms with Gasteiger partial charge in [0.25, 0.3) is 0 Å². The fraction of sp³-hybridized carbons (Fsp3) is 0.500. The van der Waals surface area contributed by atoms with Crippen LogP contribution in [0.4, 0.5) is 0 Å². The largest absolute Gasteiger partial charge is 0.368 e. The first-order chi connectivity index (χ1) is 9.37. The van der Waals surface area contributed by atoms with E-state index in [1.54, 1.807) is 0 Å². The van der Waals surface area contributed by atoms with Crippen LogP contribution in [0.25, 0.3) is 0 Å². The Morgan fingerprint density at radius 3 is 2.75 bits per heavy atom. The van der Waals surface area contributed by atoms with Gasteiger partial charge in [-0.25, -0.2) is 0 Å². The van der Waals surface area contributed by atoms with E-state index in [1.807, 2.05) is 18.2 Å². The number of rotatable bonds is 4. The molecule has 2 rings (SSSR count). The lowest BCUT2D eigenvalue weighted by Gasteiger charge is -2.25. The highest BCUT2D eigenvalue weighted by atomic mass is 32.2. The summed E-state index contributed by atoms with van der Waals surface area (Å²) >= 11 is 1.87. The Morgan fingerprint density at radius 2 is 2.10 bits per heavy atom. The van der Waals surface area contributed by atoms with E-state index in [-0.39, 0.29) is 16.7 Å². The molecule has 0 spiro atoms. The molecule has 1 aromatic rings. The van der Waals surface area contributed by atoms with Gasteiger partial charge in [0, 0.05) is 16.2 Å². The molecule has 1 radical (unpaired) electrons. The minimum atomic E-state index is -0.247. The normalized spacial score (nSPS) is 20.2. The molecule has 1 aliphatic rings. The zero-order valence-corrected chi connectivity index (χ0v) is 13.2. The second-order valence-corrected chi connectivity index (χ2v) is 8.03. The Balaban J connectivity index is 2.15. The van der Waals surface area contributed by atoms with Gasteiger partial charge in [0.1, 0.15) is 0 Å². The maximum Gasteiger partial charge on any atom is 0.235 e. The molecule has 1 aliphatic heterocycles. The van der Waals surface area contributed by atoms with Crippen molar-refractivity contribution in [2.75, 3.05) is 6.54 Å². The maximum absolute atomic E-state index is 11.5. The molecule has 0 bridgehead atoms. The Morgan fingerprint density at radius 1 is 1.40 bits per heavy atom. The van der Waals surface area contributed by atoms with Gasteiger partial charge in [0.05, 0.1) is 6.04 Å². The number of nitrogens with two attached hydrogens (primary N) is 1. The van der Waals surface area contributed by atoms with Crippen LogP contribution in [0.3, 0.4) is 0 Å². The summed E-state index contributed by atoms with van der Waals surface area (Å²) in [6.07, 6.45) is 2.95. The first kappa shape index (κ1) is 15.4. The van der Waals surface area contributed by atoms with Crippen molar-refractivity contribution in [3.8, 4) is 0 Å². The van der Waals surface area contributed by atoms with Crippen LogP contribution < -0.4 is 5.73 Å². The van der Waals surface area contributed by atoms with E-state index in [1.165, 1.54) is 10.5 Å². The Kier molecular flexibility index (Phi) is 4.76. The van der Waals surface area contributed by atoms with Crippen molar-refractivity contribution >= 4 is 17.7 Å². The summed E-state index contributed by atoms with van der Waals surface area (Å²) < 4.78 is 0.177. The van der Waals surface area contributed by atoms with E-state index in [2.05, 4.69) is 49.9 Å². The van der Waals surface area contributed by atoms with E-state index in [4.69, 9.17) is 5.73 Å². The topological polar surface area (TPSA) is 46.3 Å². The summed E-state index contributed by atoms with van der Waals surface area (Å²) in [7, 11) is 0. The summed E-state index contributed by atoms with van der Waals surface area (Å²) in [6.45, 7) is 8.32. The van der Waals surface area contributed by atoms with Crippen LogP contribution in [0.2, 0.25) is 0 Å². The third kappa shape index (κ3) is 4.00. The molecule has 1 atom stereocenters. The second-order valence-electron chi connectivity index (χ2n) is 6.16. The molecule has 1 aromatic carbocycles. The first-order valence-electron chi connectivity index (χ1n) is 7.00. The number of nitrogens with zero attached hydrogens (tertiary/aromatic N) is 1. The summed E-state index contributed by atoms with van der Waals surface area (Å²) in [6, 6.07) is 8.21. The molecule has 0 aromatic heterocycles. The molecule has 1 fully saturated rings. The number of carbonyl (C=O) groups is 1. The lowest BCUT2D eigenvalue weighted by molar-refractivity contribution is -0.121. The summed E-state index contributed by atoms with van der Waals surface area (Å²) in [5.74, 6) is -0.247. The molecule has 0 saturated carbocycles. The maximum atomic E-state index is 11.5. The highest BCUT2D eigenvalue weighted by molar-refractivity contribution is 8.00. The van der Waals surface area contributed by atoms with Gasteiger partial charge < -0.3 is 5.73 Å². The van der Waals surface area contributed by atoms with Gasteiger partial charge in [0.2, 0.25) is 5.91 Å². The van der Waals surface area contributed by atoms with Crippen LogP contribution in [0.5, 0.6) is 0 Å². The van der Waals surface area contributed by atoms with Crippen molar-refractivity contribution in [3.05, 3.63) is 36.2 Å². The van der Waals surface area contributed by atoms with E-state index in [9.17, 15) is 4.79 Å². The average Bonchev–Trinajstić information content (AvgIpc) is 2.78. The van der Waals surface area contributed by atoms with Gasteiger partial charge in [-0.1, -0.05) is 39.0 Å². The highest BCUT2D eigenvalue weighted by Gasteiger charge is 2.29. The number of hydrogen-bond acceptors (Lipinski definition) is 3. The number of amides is 1. The average molecular weight is 291 g/mol. The number of hydrogen-bond donors (Lipinski definition) is 1. The minimum Gasteiger partial charge on any atom is -0.368 e. The molecule has 3 nitrogen and oxygen atoms in total. The quantitative estimate of drug-likeness (QED) is 0.868. The standard InChI is InChI=1S/C16H23N2OS/c1-16(2,3)20-14-9-5-4-7-12(14)11-18-10-6-8-13(18)15(17)19/h4-5,7-9,13H,6,10-11H2,1-3H3,(H2,17,19). The number of carbonyl (C=O) groups excluding carboxylic acids is 1. The van der Waals surface area contributed by atoms with Crippen molar-refractivity contribution in [2.24, 2.45) is 5.73 Å². The van der Waals surface area contributed by atoms with Gasteiger partial charge in [0.15, 0.2) is 0 Å². The summed E-state index contributed by atoms with van der Waals surface area (Å²) in [5, 5.41) is 0. The van der Waals surface area contributed by atoms with Gasteiger partial charge in [-0.15, -0.1) is 11.8 Å². The first-order valence-corrected chi connectivity index (χ1v) is 7.82. The molecule has 0 aliphatic carbocycles.